The van der Waals surface area contributed by atoms with E-state index in [1.807, 2.05) is 43.4 Å². The normalized spacial score (nSPS) is 10.1. The van der Waals surface area contributed by atoms with E-state index in [-0.39, 0.29) is 0 Å². The Balaban J connectivity index is 2.28. The van der Waals surface area contributed by atoms with E-state index in [9.17, 15) is 0 Å². The summed E-state index contributed by atoms with van der Waals surface area (Å²) in [5, 5.41) is 0. The maximum atomic E-state index is 5.66. The second kappa shape index (κ2) is 4.58. The number of benzene rings is 2. The van der Waals surface area contributed by atoms with Crippen LogP contribution in [0.15, 0.2) is 53.0 Å². The zero-order valence-electron chi connectivity index (χ0n) is 9.02. The second-order valence-corrected chi connectivity index (χ2v) is 4.54. The van der Waals surface area contributed by atoms with E-state index >= 15 is 0 Å². The molecule has 16 heavy (non-hydrogen) atoms. The third-order valence-electron chi connectivity index (χ3n) is 2.49. The Morgan fingerprint density at radius 1 is 0.875 bits per heavy atom. The molecular formula is C13H13BrN2. The zero-order chi connectivity index (χ0) is 11.5. The van der Waals surface area contributed by atoms with E-state index in [1.54, 1.807) is 0 Å². The Hall–Kier alpha value is -1.48. The highest BCUT2D eigenvalue weighted by Crippen LogP contribution is 2.25. The molecule has 0 saturated heterocycles. The molecule has 0 atom stereocenters. The number of nitrogens with zero attached hydrogens (tertiary/aromatic N) is 1. The number of halogens is 1. The molecule has 0 fully saturated rings. The summed E-state index contributed by atoms with van der Waals surface area (Å²) < 4.78 is 1.09. The van der Waals surface area contributed by atoms with Gasteiger partial charge < -0.3 is 10.6 Å². The third-order valence-corrected chi connectivity index (χ3v) is 3.02. The average molecular weight is 277 g/mol. The number of hydrogen-bond acceptors (Lipinski definition) is 2. The molecule has 0 heterocycles. The highest BCUT2D eigenvalue weighted by molar-refractivity contribution is 9.10. The molecule has 0 aliphatic rings. The molecule has 3 heteroatoms. The van der Waals surface area contributed by atoms with Crippen molar-refractivity contribution in [1.29, 1.82) is 0 Å². The molecule has 0 saturated carbocycles. The van der Waals surface area contributed by atoms with Crippen molar-refractivity contribution in [3.63, 3.8) is 0 Å². The number of rotatable bonds is 2. The Morgan fingerprint density at radius 3 is 1.81 bits per heavy atom. The summed E-state index contributed by atoms with van der Waals surface area (Å²) in [7, 11) is 2.04. The maximum Gasteiger partial charge on any atom is 0.0409 e. The summed E-state index contributed by atoms with van der Waals surface area (Å²) in [6.45, 7) is 0. The standard InChI is InChI=1S/C13H13BrN2/c1-16(12-6-2-10(14)3-7-12)13-8-4-11(15)5-9-13/h2-9H,15H2,1H3. The van der Waals surface area contributed by atoms with Gasteiger partial charge >= 0.3 is 0 Å². The molecule has 0 aliphatic heterocycles. The van der Waals surface area contributed by atoms with Gasteiger partial charge in [0.2, 0.25) is 0 Å². The fourth-order valence-electron chi connectivity index (χ4n) is 1.51. The van der Waals surface area contributed by atoms with Crippen LogP contribution in [0.4, 0.5) is 17.1 Å². The van der Waals surface area contributed by atoms with E-state index in [2.05, 4.69) is 33.0 Å². The third kappa shape index (κ3) is 2.36. The van der Waals surface area contributed by atoms with Crippen molar-refractivity contribution in [2.24, 2.45) is 0 Å². The Kier molecular flexibility index (Phi) is 3.15. The minimum atomic E-state index is 0.785. The van der Waals surface area contributed by atoms with Gasteiger partial charge in [0, 0.05) is 28.6 Å². The van der Waals surface area contributed by atoms with Gasteiger partial charge in [-0.1, -0.05) is 15.9 Å². The molecule has 0 unspecified atom stereocenters. The smallest absolute Gasteiger partial charge is 0.0409 e. The van der Waals surface area contributed by atoms with Gasteiger partial charge in [-0.15, -0.1) is 0 Å². The van der Waals surface area contributed by atoms with Gasteiger partial charge in [-0.2, -0.15) is 0 Å². The summed E-state index contributed by atoms with van der Waals surface area (Å²) in [6.07, 6.45) is 0. The van der Waals surface area contributed by atoms with Crippen LogP contribution in [-0.2, 0) is 0 Å². The highest BCUT2D eigenvalue weighted by Gasteiger charge is 2.02. The molecule has 0 bridgehead atoms. The van der Waals surface area contributed by atoms with Gasteiger partial charge in [0.25, 0.3) is 0 Å². The quantitative estimate of drug-likeness (QED) is 0.846. The molecular weight excluding hydrogens is 264 g/mol. The molecule has 0 spiro atoms. The maximum absolute atomic E-state index is 5.66. The van der Waals surface area contributed by atoms with E-state index in [0.717, 1.165) is 21.5 Å². The number of nitrogens with two attached hydrogens (primary N) is 1. The van der Waals surface area contributed by atoms with Crippen LogP contribution in [0.2, 0.25) is 0 Å². The minimum absolute atomic E-state index is 0.785. The lowest BCUT2D eigenvalue weighted by atomic mass is 10.2. The highest BCUT2D eigenvalue weighted by atomic mass is 79.9. The molecule has 2 N–H and O–H groups in total. The zero-order valence-corrected chi connectivity index (χ0v) is 10.6. The molecule has 82 valence electrons. The lowest BCUT2D eigenvalue weighted by molar-refractivity contribution is 1.21. The van der Waals surface area contributed by atoms with E-state index in [1.165, 1.54) is 0 Å². The lowest BCUT2D eigenvalue weighted by Crippen LogP contribution is -2.08. The first-order chi connectivity index (χ1) is 7.66. The van der Waals surface area contributed by atoms with Gasteiger partial charge in [0.05, 0.1) is 0 Å². The molecule has 2 aromatic carbocycles. The molecule has 0 aromatic heterocycles. The van der Waals surface area contributed by atoms with Crippen LogP contribution in [0.5, 0.6) is 0 Å². The Morgan fingerprint density at radius 2 is 1.31 bits per heavy atom. The molecule has 2 rings (SSSR count). The average Bonchev–Trinajstić information content (AvgIpc) is 2.30. The van der Waals surface area contributed by atoms with Crippen LogP contribution >= 0.6 is 15.9 Å². The largest absolute Gasteiger partial charge is 0.399 e. The van der Waals surface area contributed by atoms with Crippen LogP contribution in [0, 0.1) is 0 Å². The second-order valence-electron chi connectivity index (χ2n) is 3.63. The predicted molar refractivity (Wildman–Crippen MR) is 73.1 cm³/mol. The van der Waals surface area contributed by atoms with Gasteiger partial charge in [0.15, 0.2) is 0 Å². The van der Waals surface area contributed by atoms with Crippen molar-refractivity contribution in [2.75, 3.05) is 17.7 Å². The summed E-state index contributed by atoms with van der Waals surface area (Å²) >= 11 is 3.43. The van der Waals surface area contributed by atoms with Gasteiger partial charge in [-0.05, 0) is 48.5 Å². The van der Waals surface area contributed by atoms with Crippen molar-refractivity contribution < 1.29 is 0 Å². The number of nitrogen functional groups attached to an aromatic ring is 1. The fourth-order valence-corrected chi connectivity index (χ4v) is 1.78. The summed E-state index contributed by atoms with van der Waals surface area (Å²) in [5.41, 5.74) is 8.71. The van der Waals surface area contributed by atoms with Crippen LogP contribution in [0.3, 0.4) is 0 Å². The Bertz CT molecular complexity index is 417. The first-order valence-corrected chi connectivity index (χ1v) is 5.81. The van der Waals surface area contributed by atoms with E-state index in [4.69, 9.17) is 5.73 Å². The van der Waals surface area contributed by atoms with Gasteiger partial charge in [-0.3, -0.25) is 0 Å². The van der Waals surface area contributed by atoms with Crippen LogP contribution in [0.1, 0.15) is 0 Å². The van der Waals surface area contributed by atoms with Gasteiger partial charge in [-0.25, -0.2) is 0 Å². The number of hydrogen-bond donors (Lipinski definition) is 1. The SMILES string of the molecule is CN(c1ccc(N)cc1)c1ccc(Br)cc1. The topological polar surface area (TPSA) is 29.3 Å². The fraction of sp³-hybridized carbons (Fsp3) is 0.0769. The van der Waals surface area contributed by atoms with Gasteiger partial charge in [0.1, 0.15) is 0 Å². The van der Waals surface area contributed by atoms with Crippen molar-refractivity contribution in [1.82, 2.24) is 0 Å². The van der Waals surface area contributed by atoms with Crippen LogP contribution < -0.4 is 10.6 Å². The predicted octanol–water partition coefficient (Wildman–Crippen LogP) is 3.80. The molecule has 0 aliphatic carbocycles. The lowest BCUT2D eigenvalue weighted by Gasteiger charge is -2.19. The molecule has 0 radical (unpaired) electrons. The van der Waals surface area contributed by atoms with Crippen LogP contribution in [0.25, 0.3) is 0 Å². The van der Waals surface area contributed by atoms with E-state index < -0.39 is 0 Å². The Labute approximate surface area is 104 Å². The van der Waals surface area contributed by atoms with Crippen molar-refractivity contribution in [2.45, 2.75) is 0 Å². The summed E-state index contributed by atoms with van der Waals surface area (Å²) in [5.74, 6) is 0. The summed E-state index contributed by atoms with van der Waals surface area (Å²) in [4.78, 5) is 2.12. The summed E-state index contributed by atoms with van der Waals surface area (Å²) in [6, 6.07) is 16.0. The first-order valence-electron chi connectivity index (χ1n) is 5.01. The number of anilines is 3. The monoisotopic (exact) mass is 276 g/mol. The van der Waals surface area contributed by atoms with Crippen molar-refractivity contribution >= 4 is 33.0 Å². The van der Waals surface area contributed by atoms with Crippen LogP contribution in [-0.4, -0.2) is 7.05 Å². The molecule has 0 amide bonds. The van der Waals surface area contributed by atoms with E-state index in [0.29, 0.717) is 0 Å². The molecule has 2 aromatic rings. The van der Waals surface area contributed by atoms with Crippen molar-refractivity contribution in [3.8, 4) is 0 Å². The van der Waals surface area contributed by atoms with Crippen molar-refractivity contribution in [3.05, 3.63) is 53.0 Å². The first kappa shape index (κ1) is 11.0. The minimum Gasteiger partial charge on any atom is -0.399 e. The molecule has 2 nitrogen and oxygen atoms in total.